The second-order valence-electron chi connectivity index (χ2n) is 5.52. The van der Waals surface area contributed by atoms with Crippen LogP contribution >= 0.6 is 0 Å². The van der Waals surface area contributed by atoms with Crippen LogP contribution in [-0.2, 0) is 4.79 Å². The summed E-state index contributed by atoms with van der Waals surface area (Å²) >= 11 is 0. The number of hydrogen-bond acceptors (Lipinski definition) is 2. The Balaban J connectivity index is 2.00. The number of aryl methyl sites for hydroxylation is 1. The van der Waals surface area contributed by atoms with Crippen LogP contribution in [0.1, 0.15) is 49.3 Å². The largest absolute Gasteiger partial charge is 0.299 e. The van der Waals surface area contributed by atoms with Crippen LogP contribution in [0.3, 0.4) is 0 Å². The summed E-state index contributed by atoms with van der Waals surface area (Å²) in [5, 5.41) is 1.14. The first-order valence-electron chi connectivity index (χ1n) is 7.14. The highest BCUT2D eigenvalue weighted by Gasteiger charge is 2.22. The number of rotatable bonds is 1. The number of aromatic nitrogens is 1. The summed E-state index contributed by atoms with van der Waals surface area (Å²) < 4.78 is 0. The Morgan fingerprint density at radius 3 is 2.89 bits per heavy atom. The Morgan fingerprint density at radius 1 is 1.11 bits per heavy atom. The number of pyridine rings is 1. The molecule has 19 heavy (non-hydrogen) atoms. The topological polar surface area (TPSA) is 30.0 Å². The number of carbonyl (C=O) groups excluding carboxylic acids is 1. The third-order valence-corrected chi connectivity index (χ3v) is 4.06. The summed E-state index contributed by atoms with van der Waals surface area (Å²) in [6.07, 6.45) is 5.17. The summed E-state index contributed by atoms with van der Waals surface area (Å²) in [5.74, 6) is 0.519. The normalized spacial score (nSPS) is 20.5. The first-order chi connectivity index (χ1) is 9.24. The van der Waals surface area contributed by atoms with Crippen LogP contribution in [0.4, 0.5) is 0 Å². The van der Waals surface area contributed by atoms with Gasteiger partial charge < -0.3 is 0 Å². The fourth-order valence-corrected chi connectivity index (χ4v) is 2.97. The number of ketones is 1. The van der Waals surface area contributed by atoms with Gasteiger partial charge in [-0.25, -0.2) is 0 Å². The van der Waals surface area contributed by atoms with Gasteiger partial charge in [-0.05, 0) is 43.5 Å². The molecule has 0 aliphatic heterocycles. The molecule has 1 heterocycles. The molecule has 1 aliphatic rings. The van der Waals surface area contributed by atoms with Gasteiger partial charge in [0.15, 0.2) is 0 Å². The van der Waals surface area contributed by atoms with Gasteiger partial charge in [0.05, 0.1) is 5.52 Å². The minimum atomic E-state index is 0.105. The lowest BCUT2D eigenvalue weighted by Gasteiger charge is -2.14. The fraction of sp³-hybridized carbons (Fsp3) is 0.412. The molecule has 98 valence electrons. The average Bonchev–Trinajstić information content (AvgIpc) is 2.63. The van der Waals surface area contributed by atoms with Crippen LogP contribution in [0.2, 0.25) is 0 Å². The van der Waals surface area contributed by atoms with E-state index in [0.717, 1.165) is 35.9 Å². The van der Waals surface area contributed by atoms with E-state index in [9.17, 15) is 4.79 Å². The van der Waals surface area contributed by atoms with Crippen LogP contribution < -0.4 is 0 Å². The minimum Gasteiger partial charge on any atom is -0.299 e. The van der Waals surface area contributed by atoms with Crippen LogP contribution in [0.25, 0.3) is 10.9 Å². The zero-order chi connectivity index (χ0) is 13.2. The summed E-state index contributed by atoms with van der Waals surface area (Å²) in [4.78, 5) is 16.7. The average molecular weight is 253 g/mol. The maximum atomic E-state index is 12.2. The number of hydrogen-bond donors (Lipinski definition) is 0. The molecule has 2 nitrogen and oxygen atoms in total. The van der Waals surface area contributed by atoms with Gasteiger partial charge in [-0.15, -0.1) is 0 Å². The van der Waals surface area contributed by atoms with E-state index in [0.29, 0.717) is 5.78 Å². The molecule has 0 spiro atoms. The third kappa shape index (κ3) is 2.53. The molecule has 1 aliphatic carbocycles. The van der Waals surface area contributed by atoms with E-state index in [-0.39, 0.29) is 5.92 Å². The van der Waals surface area contributed by atoms with Crippen molar-refractivity contribution in [2.45, 2.75) is 44.9 Å². The molecule has 1 fully saturated rings. The van der Waals surface area contributed by atoms with Gasteiger partial charge in [-0.1, -0.05) is 25.0 Å². The van der Waals surface area contributed by atoms with Crippen molar-refractivity contribution >= 4 is 16.7 Å². The summed E-state index contributed by atoms with van der Waals surface area (Å²) in [7, 11) is 0. The van der Waals surface area contributed by atoms with Crippen molar-refractivity contribution in [3.8, 4) is 0 Å². The van der Waals surface area contributed by atoms with Crippen molar-refractivity contribution in [2.24, 2.45) is 0 Å². The van der Waals surface area contributed by atoms with Gasteiger partial charge in [-0.3, -0.25) is 9.78 Å². The molecule has 0 bridgehead atoms. The number of Topliss-reactive ketones (excluding diaryl/α,β-unsaturated/α-hetero) is 1. The Bertz CT molecular complexity index is 618. The van der Waals surface area contributed by atoms with Crippen molar-refractivity contribution in [1.82, 2.24) is 4.98 Å². The maximum absolute atomic E-state index is 12.2. The fourth-order valence-electron chi connectivity index (χ4n) is 2.97. The maximum Gasteiger partial charge on any atom is 0.140 e. The third-order valence-electron chi connectivity index (χ3n) is 4.06. The van der Waals surface area contributed by atoms with Crippen LogP contribution in [0.5, 0.6) is 0 Å². The highest BCUT2D eigenvalue weighted by Crippen LogP contribution is 2.30. The molecule has 2 heteroatoms. The summed E-state index contributed by atoms with van der Waals surface area (Å²) in [5.41, 5.74) is 3.22. The van der Waals surface area contributed by atoms with Gasteiger partial charge in [0.2, 0.25) is 0 Å². The lowest BCUT2D eigenvalue weighted by atomic mass is 9.90. The number of carbonyl (C=O) groups is 1. The van der Waals surface area contributed by atoms with E-state index in [1.807, 2.05) is 13.0 Å². The number of benzene rings is 1. The lowest BCUT2D eigenvalue weighted by molar-refractivity contribution is -0.120. The van der Waals surface area contributed by atoms with E-state index < -0.39 is 0 Å². The molecule has 2 aromatic rings. The molecule has 1 unspecified atom stereocenters. The molecular formula is C17H19NO. The van der Waals surface area contributed by atoms with Crippen molar-refractivity contribution in [3.63, 3.8) is 0 Å². The van der Waals surface area contributed by atoms with Gasteiger partial charge in [-0.2, -0.15) is 0 Å². The second kappa shape index (κ2) is 5.12. The molecular weight excluding hydrogens is 234 g/mol. The molecule has 0 N–H and O–H groups in total. The highest BCUT2D eigenvalue weighted by molar-refractivity contribution is 5.88. The van der Waals surface area contributed by atoms with Crippen LogP contribution in [0.15, 0.2) is 30.3 Å². The smallest absolute Gasteiger partial charge is 0.140 e. The van der Waals surface area contributed by atoms with E-state index >= 15 is 0 Å². The predicted molar refractivity (Wildman–Crippen MR) is 77.3 cm³/mol. The van der Waals surface area contributed by atoms with Crippen LogP contribution in [0, 0.1) is 6.92 Å². The van der Waals surface area contributed by atoms with E-state index in [1.165, 1.54) is 18.4 Å². The molecule has 1 saturated carbocycles. The molecule has 0 saturated heterocycles. The molecule has 0 radical (unpaired) electrons. The van der Waals surface area contributed by atoms with Crippen molar-refractivity contribution < 1.29 is 4.79 Å². The standard InChI is InChI=1S/C17H19NO/c1-12-7-8-14-11-13(9-10-16(14)18-12)15-5-3-2-4-6-17(15)19/h7-11,15H,2-6H2,1H3. The number of nitrogens with zero attached hydrogens (tertiary/aromatic N) is 1. The zero-order valence-electron chi connectivity index (χ0n) is 11.4. The van der Waals surface area contributed by atoms with Gasteiger partial charge in [0, 0.05) is 23.4 Å². The summed E-state index contributed by atoms with van der Waals surface area (Å²) in [6, 6.07) is 10.4. The SMILES string of the molecule is Cc1ccc2cc(C3CCCCCC3=O)ccc2n1. The first kappa shape index (κ1) is 12.3. The van der Waals surface area contributed by atoms with Crippen LogP contribution in [-0.4, -0.2) is 10.8 Å². The molecule has 0 amide bonds. The van der Waals surface area contributed by atoms with Crippen molar-refractivity contribution in [1.29, 1.82) is 0 Å². The van der Waals surface area contributed by atoms with Gasteiger partial charge >= 0.3 is 0 Å². The van der Waals surface area contributed by atoms with E-state index in [4.69, 9.17) is 0 Å². The quantitative estimate of drug-likeness (QED) is 0.714. The second-order valence-corrected chi connectivity index (χ2v) is 5.52. The van der Waals surface area contributed by atoms with E-state index in [2.05, 4.69) is 29.2 Å². The molecule has 1 aromatic carbocycles. The van der Waals surface area contributed by atoms with Gasteiger partial charge in [0.25, 0.3) is 0 Å². The molecule has 1 aromatic heterocycles. The molecule has 1 atom stereocenters. The van der Waals surface area contributed by atoms with Crippen molar-refractivity contribution in [3.05, 3.63) is 41.6 Å². The lowest BCUT2D eigenvalue weighted by Crippen LogP contribution is -2.10. The Kier molecular flexibility index (Phi) is 3.33. The predicted octanol–water partition coefficient (Wildman–Crippen LogP) is 4.16. The Morgan fingerprint density at radius 2 is 2.00 bits per heavy atom. The van der Waals surface area contributed by atoms with E-state index in [1.54, 1.807) is 0 Å². The first-order valence-corrected chi connectivity index (χ1v) is 7.14. The Hall–Kier alpha value is -1.70. The number of fused-ring (bicyclic) bond motifs is 1. The summed E-state index contributed by atoms with van der Waals surface area (Å²) in [6.45, 7) is 2.00. The minimum absolute atomic E-state index is 0.105. The zero-order valence-corrected chi connectivity index (χ0v) is 11.4. The van der Waals surface area contributed by atoms with Gasteiger partial charge in [0.1, 0.15) is 5.78 Å². The monoisotopic (exact) mass is 253 g/mol. The Labute approximate surface area is 113 Å². The molecule has 3 rings (SSSR count). The van der Waals surface area contributed by atoms with Crippen molar-refractivity contribution in [2.75, 3.05) is 0 Å². The highest BCUT2D eigenvalue weighted by atomic mass is 16.1.